The Morgan fingerprint density at radius 2 is 2.23 bits per heavy atom. The van der Waals surface area contributed by atoms with Crippen LogP contribution in [0.25, 0.3) is 0 Å². The Balaban J connectivity index is 2.42. The second kappa shape index (κ2) is 4.36. The minimum atomic E-state index is -4.08. The summed E-state index contributed by atoms with van der Waals surface area (Å²) in [6, 6.07) is 0. The average molecular weight is 210 g/mol. The van der Waals surface area contributed by atoms with Crippen molar-refractivity contribution >= 4 is 10.1 Å². The first-order chi connectivity index (χ1) is 5.99. The molecule has 0 radical (unpaired) electrons. The Morgan fingerprint density at radius 1 is 1.54 bits per heavy atom. The van der Waals surface area contributed by atoms with E-state index in [2.05, 4.69) is 0 Å². The molecule has 1 saturated heterocycles. The number of aliphatic hydroxyl groups excluding tert-OH is 1. The van der Waals surface area contributed by atoms with Crippen LogP contribution >= 0.6 is 0 Å². The maximum atomic E-state index is 10.4. The van der Waals surface area contributed by atoms with Crippen LogP contribution in [-0.4, -0.2) is 43.1 Å². The van der Waals surface area contributed by atoms with Crippen LogP contribution in [0.3, 0.4) is 0 Å². The summed E-state index contributed by atoms with van der Waals surface area (Å²) < 4.78 is 34.4. The van der Waals surface area contributed by atoms with Gasteiger partial charge in [-0.15, -0.1) is 0 Å². The first kappa shape index (κ1) is 10.9. The van der Waals surface area contributed by atoms with Gasteiger partial charge in [0, 0.05) is 12.5 Å². The van der Waals surface area contributed by atoms with Gasteiger partial charge in [-0.1, -0.05) is 0 Å². The molecule has 0 aromatic carbocycles. The third-order valence-corrected chi connectivity index (χ3v) is 2.88. The molecule has 6 heteroatoms. The standard InChI is InChI=1S/C7H14O5S/c8-7(5-13(9,10)11)6-2-1-3-12-4-6/h6-8H,1-5H2,(H,9,10,11). The number of aliphatic hydroxyl groups is 1. The molecule has 1 fully saturated rings. The summed E-state index contributed by atoms with van der Waals surface area (Å²) in [4.78, 5) is 0. The highest BCUT2D eigenvalue weighted by atomic mass is 32.2. The quantitative estimate of drug-likeness (QED) is 0.623. The van der Waals surface area contributed by atoms with Gasteiger partial charge in [0.2, 0.25) is 0 Å². The molecule has 2 unspecified atom stereocenters. The van der Waals surface area contributed by atoms with Crippen LogP contribution in [0.4, 0.5) is 0 Å². The molecule has 0 spiro atoms. The van der Waals surface area contributed by atoms with Gasteiger partial charge in [-0.2, -0.15) is 8.42 Å². The minimum absolute atomic E-state index is 0.171. The summed E-state index contributed by atoms with van der Waals surface area (Å²) in [6.07, 6.45) is 0.555. The Hall–Kier alpha value is -0.170. The zero-order chi connectivity index (χ0) is 9.90. The maximum Gasteiger partial charge on any atom is 0.267 e. The first-order valence-corrected chi connectivity index (χ1v) is 5.81. The Labute approximate surface area is 77.5 Å². The van der Waals surface area contributed by atoms with Gasteiger partial charge in [0.05, 0.1) is 12.7 Å². The van der Waals surface area contributed by atoms with Crippen LogP contribution in [-0.2, 0) is 14.9 Å². The van der Waals surface area contributed by atoms with Crippen molar-refractivity contribution in [1.29, 1.82) is 0 Å². The molecule has 1 aliphatic heterocycles. The molecule has 78 valence electrons. The Kier molecular flexibility index (Phi) is 3.66. The number of hydrogen-bond donors (Lipinski definition) is 2. The smallest absolute Gasteiger partial charge is 0.267 e. The monoisotopic (exact) mass is 210 g/mol. The molecular weight excluding hydrogens is 196 g/mol. The lowest BCUT2D eigenvalue weighted by Gasteiger charge is -2.25. The molecule has 1 heterocycles. The molecule has 0 amide bonds. The van der Waals surface area contributed by atoms with Crippen molar-refractivity contribution in [1.82, 2.24) is 0 Å². The molecule has 0 saturated carbocycles. The van der Waals surface area contributed by atoms with Gasteiger partial charge in [-0.3, -0.25) is 4.55 Å². The molecule has 1 rings (SSSR count). The fourth-order valence-corrected chi connectivity index (χ4v) is 2.12. The van der Waals surface area contributed by atoms with E-state index in [0.29, 0.717) is 13.2 Å². The summed E-state index contributed by atoms with van der Waals surface area (Å²) in [5.74, 6) is -0.767. The van der Waals surface area contributed by atoms with Crippen molar-refractivity contribution in [2.24, 2.45) is 5.92 Å². The van der Waals surface area contributed by atoms with E-state index in [1.165, 1.54) is 0 Å². The largest absolute Gasteiger partial charge is 0.392 e. The van der Waals surface area contributed by atoms with Crippen LogP contribution in [0.15, 0.2) is 0 Å². The van der Waals surface area contributed by atoms with Gasteiger partial charge in [0.1, 0.15) is 5.75 Å². The molecule has 5 nitrogen and oxygen atoms in total. The van der Waals surface area contributed by atoms with Crippen molar-refractivity contribution < 1.29 is 22.8 Å². The van der Waals surface area contributed by atoms with Crippen LogP contribution in [0.1, 0.15) is 12.8 Å². The zero-order valence-electron chi connectivity index (χ0n) is 7.22. The van der Waals surface area contributed by atoms with Gasteiger partial charge in [-0.25, -0.2) is 0 Å². The second-order valence-corrected chi connectivity index (χ2v) is 4.79. The highest BCUT2D eigenvalue weighted by Crippen LogP contribution is 2.18. The number of ether oxygens (including phenoxy) is 1. The molecule has 2 N–H and O–H groups in total. The predicted molar refractivity (Wildman–Crippen MR) is 46.0 cm³/mol. The molecule has 0 bridgehead atoms. The molecule has 13 heavy (non-hydrogen) atoms. The molecule has 1 aliphatic rings. The normalized spacial score (nSPS) is 27.1. The molecular formula is C7H14O5S. The van der Waals surface area contributed by atoms with Gasteiger partial charge < -0.3 is 9.84 Å². The van der Waals surface area contributed by atoms with Crippen LogP contribution in [0, 0.1) is 5.92 Å². The third kappa shape index (κ3) is 4.04. The molecule has 0 aromatic heterocycles. The van der Waals surface area contributed by atoms with Crippen molar-refractivity contribution in [2.45, 2.75) is 18.9 Å². The fourth-order valence-electron chi connectivity index (χ4n) is 1.42. The van der Waals surface area contributed by atoms with Gasteiger partial charge in [-0.05, 0) is 12.8 Å². The van der Waals surface area contributed by atoms with Gasteiger partial charge in [0.25, 0.3) is 10.1 Å². The third-order valence-electron chi connectivity index (χ3n) is 2.12. The summed E-state index contributed by atoms with van der Waals surface area (Å²) in [6.45, 7) is 1.03. The summed E-state index contributed by atoms with van der Waals surface area (Å²) in [7, 11) is -4.08. The topological polar surface area (TPSA) is 83.8 Å². The average Bonchev–Trinajstić information content (AvgIpc) is 2.03. The lowest BCUT2D eigenvalue weighted by atomic mass is 9.97. The Bertz CT molecular complexity index is 242. The molecule has 0 aliphatic carbocycles. The van der Waals surface area contributed by atoms with Crippen molar-refractivity contribution in [3.05, 3.63) is 0 Å². The Morgan fingerprint density at radius 3 is 2.69 bits per heavy atom. The van der Waals surface area contributed by atoms with E-state index >= 15 is 0 Å². The summed E-state index contributed by atoms with van der Waals surface area (Å²) >= 11 is 0. The van der Waals surface area contributed by atoms with Gasteiger partial charge in [0.15, 0.2) is 0 Å². The summed E-state index contributed by atoms with van der Waals surface area (Å²) in [5.41, 5.74) is 0. The summed E-state index contributed by atoms with van der Waals surface area (Å²) in [5, 5.41) is 9.39. The SMILES string of the molecule is O=S(=O)(O)CC(O)C1CCCOC1. The van der Waals surface area contributed by atoms with Crippen LogP contribution in [0.2, 0.25) is 0 Å². The van der Waals surface area contributed by atoms with E-state index < -0.39 is 22.0 Å². The minimum Gasteiger partial charge on any atom is -0.392 e. The van der Waals surface area contributed by atoms with Crippen LogP contribution < -0.4 is 0 Å². The first-order valence-electron chi connectivity index (χ1n) is 4.20. The highest BCUT2D eigenvalue weighted by molar-refractivity contribution is 7.85. The lowest BCUT2D eigenvalue weighted by molar-refractivity contribution is -0.000967. The number of rotatable bonds is 3. The molecule has 0 aromatic rings. The predicted octanol–water partition coefficient (Wildman–Crippen LogP) is -0.338. The van der Waals surface area contributed by atoms with E-state index in [-0.39, 0.29) is 5.92 Å². The van der Waals surface area contributed by atoms with Crippen molar-refractivity contribution in [3.8, 4) is 0 Å². The second-order valence-electron chi connectivity index (χ2n) is 3.29. The van der Waals surface area contributed by atoms with E-state index in [9.17, 15) is 13.5 Å². The highest BCUT2D eigenvalue weighted by Gasteiger charge is 2.25. The van der Waals surface area contributed by atoms with E-state index in [0.717, 1.165) is 12.8 Å². The lowest BCUT2D eigenvalue weighted by Crippen LogP contribution is -2.34. The zero-order valence-corrected chi connectivity index (χ0v) is 8.03. The number of hydrogen-bond acceptors (Lipinski definition) is 4. The van der Waals surface area contributed by atoms with E-state index in [1.54, 1.807) is 0 Å². The van der Waals surface area contributed by atoms with Crippen molar-refractivity contribution in [2.75, 3.05) is 19.0 Å². The van der Waals surface area contributed by atoms with E-state index in [1.807, 2.05) is 0 Å². The maximum absolute atomic E-state index is 10.4. The van der Waals surface area contributed by atoms with Gasteiger partial charge >= 0.3 is 0 Å². The van der Waals surface area contributed by atoms with Crippen molar-refractivity contribution in [3.63, 3.8) is 0 Å². The fraction of sp³-hybridized carbons (Fsp3) is 1.00. The van der Waals surface area contributed by atoms with E-state index in [4.69, 9.17) is 9.29 Å². The molecule has 2 atom stereocenters. The van der Waals surface area contributed by atoms with Crippen LogP contribution in [0.5, 0.6) is 0 Å².